The third kappa shape index (κ3) is 2.72. The summed E-state index contributed by atoms with van der Waals surface area (Å²) in [6, 6.07) is 14.1. The van der Waals surface area contributed by atoms with Crippen LogP contribution in [0.15, 0.2) is 42.5 Å². The highest BCUT2D eigenvalue weighted by Crippen LogP contribution is 2.20. The Kier molecular flexibility index (Phi) is 3.89. The van der Waals surface area contributed by atoms with Gasteiger partial charge in [-0.05, 0) is 16.3 Å². The molecular weight excluding hydrogens is 234 g/mol. The first-order chi connectivity index (χ1) is 8.22. The fourth-order valence-electron chi connectivity index (χ4n) is 1.90. The molecule has 4 heteroatoms. The normalized spacial score (nSPS) is 13.1. The molecule has 0 heterocycles. The summed E-state index contributed by atoms with van der Waals surface area (Å²) >= 11 is -1.91. The predicted molar refractivity (Wildman–Crippen MR) is 70.8 cm³/mol. The molecule has 0 aliphatic heterocycles. The van der Waals surface area contributed by atoms with Crippen molar-refractivity contribution in [2.75, 3.05) is 6.54 Å². The van der Waals surface area contributed by atoms with Crippen molar-refractivity contribution in [2.45, 2.75) is 13.5 Å². The van der Waals surface area contributed by atoms with Gasteiger partial charge in [-0.1, -0.05) is 49.4 Å². The Balaban J connectivity index is 2.38. The molecule has 0 aliphatic carbocycles. The molecule has 0 fully saturated rings. The van der Waals surface area contributed by atoms with Gasteiger partial charge in [-0.15, -0.1) is 0 Å². The van der Waals surface area contributed by atoms with E-state index in [9.17, 15) is 4.21 Å². The van der Waals surface area contributed by atoms with Gasteiger partial charge in [0.2, 0.25) is 11.3 Å². The number of hydrogen-bond acceptors (Lipinski definition) is 1. The third-order valence-electron chi connectivity index (χ3n) is 2.80. The van der Waals surface area contributed by atoms with Crippen LogP contribution in [0.4, 0.5) is 0 Å². The third-order valence-corrected chi connectivity index (χ3v) is 3.63. The van der Waals surface area contributed by atoms with Crippen molar-refractivity contribution in [3.05, 3.63) is 48.0 Å². The van der Waals surface area contributed by atoms with Crippen molar-refractivity contribution >= 4 is 22.0 Å². The molecule has 0 saturated carbocycles. The fourth-order valence-corrected chi connectivity index (χ4v) is 2.37. The molecule has 0 radical (unpaired) electrons. The molecule has 0 bridgehead atoms. The zero-order valence-corrected chi connectivity index (χ0v) is 10.5. The molecule has 0 amide bonds. The monoisotopic (exact) mass is 249 g/mol. The van der Waals surface area contributed by atoms with E-state index in [0.717, 1.165) is 16.3 Å². The lowest BCUT2D eigenvalue weighted by Gasteiger charge is -2.16. The van der Waals surface area contributed by atoms with Gasteiger partial charge in [0.1, 0.15) is 0 Å². The lowest BCUT2D eigenvalue weighted by atomic mass is 10.0. The summed E-state index contributed by atoms with van der Waals surface area (Å²) in [6.45, 7) is 2.91. The second-order valence-electron chi connectivity index (χ2n) is 3.83. The van der Waals surface area contributed by atoms with Gasteiger partial charge < -0.3 is 0 Å². The van der Waals surface area contributed by atoms with Gasteiger partial charge in [-0.3, -0.25) is 4.55 Å². The van der Waals surface area contributed by atoms with Crippen molar-refractivity contribution in [2.24, 2.45) is 0 Å². The number of nitrogens with zero attached hydrogens (tertiary/aromatic N) is 1. The van der Waals surface area contributed by atoms with Crippen LogP contribution in [0.3, 0.4) is 0 Å². The lowest BCUT2D eigenvalue weighted by molar-refractivity contribution is 0.408. The molecule has 17 heavy (non-hydrogen) atoms. The molecule has 0 aromatic heterocycles. The van der Waals surface area contributed by atoms with E-state index in [2.05, 4.69) is 0 Å². The van der Waals surface area contributed by atoms with Gasteiger partial charge in [0.05, 0.1) is 0 Å². The first-order valence-electron chi connectivity index (χ1n) is 5.55. The first-order valence-corrected chi connectivity index (χ1v) is 6.61. The molecular formula is C13H15NO2S. The first kappa shape index (κ1) is 12.2. The second-order valence-corrected chi connectivity index (χ2v) is 4.80. The highest BCUT2D eigenvalue weighted by Gasteiger charge is 2.10. The van der Waals surface area contributed by atoms with Crippen molar-refractivity contribution in [1.29, 1.82) is 0 Å². The van der Waals surface area contributed by atoms with Crippen LogP contribution in [0.5, 0.6) is 0 Å². The largest absolute Gasteiger partial charge is 0.294 e. The number of rotatable bonds is 4. The van der Waals surface area contributed by atoms with Gasteiger partial charge in [0.25, 0.3) is 0 Å². The van der Waals surface area contributed by atoms with Gasteiger partial charge in [-0.25, -0.2) is 4.21 Å². The summed E-state index contributed by atoms with van der Waals surface area (Å²) in [6.07, 6.45) is 0. The molecule has 0 aliphatic rings. The van der Waals surface area contributed by atoms with E-state index in [0.29, 0.717) is 13.1 Å². The Hall–Kier alpha value is -1.23. The van der Waals surface area contributed by atoms with Gasteiger partial charge in [0.15, 0.2) is 0 Å². The molecule has 90 valence electrons. The Morgan fingerprint density at radius 2 is 1.88 bits per heavy atom. The summed E-state index contributed by atoms with van der Waals surface area (Å²) in [5, 5.41) is 2.30. The fraction of sp³-hybridized carbons (Fsp3) is 0.231. The molecule has 3 nitrogen and oxygen atoms in total. The zero-order valence-electron chi connectivity index (χ0n) is 9.67. The molecule has 2 rings (SSSR count). The molecule has 1 N–H and O–H groups in total. The zero-order chi connectivity index (χ0) is 12.3. The molecule has 2 aromatic carbocycles. The lowest BCUT2D eigenvalue weighted by Crippen LogP contribution is -2.24. The average Bonchev–Trinajstić information content (AvgIpc) is 2.35. The van der Waals surface area contributed by atoms with E-state index < -0.39 is 11.3 Å². The summed E-state index contributed by atoms with van der Waals surface area (Å²) < 4.78 is 21.8. The van der Waals surface area contributed by atoms with Crippen LogP contribution in [-0.4, -0.2) is 19.6 Å². The number of fused-ring (bicyclic) bond motifs is 1. The van der Waals surface area contributed by atoms with E-state index >= 15 is 0 Å². The van der Waals surface area contributed by atoms with E-state index in [4.69, 9.17) is 4.55 Å². The van der Waals surface area contributed by atoms with Crippen LogP contribution in [-0.2, 0) is 17.8 Å². The van der Waals surface area contributed by atoms with Crippen molar-refractivity contribution in [3.63, 3.8) is 0 Å². The summed E-state index contributed by atoms with van der Waals surface area (Å²) in [5.41, 5.74) is 1.08. The molecule has 1 unspecified atom stereocenters. The minimum absolute atomic E-state index is 0.487. The van der Waals surface area contributed by atoms with Crippen molar-refractivity contribution < 1.29 is 8.76 Å². The summed E-state index contributed by atoms with van der Waals surface area (Å²) in [7, 11) is 0. The topological polar surface area (TPSA) is 40.5 Å². The highest BCUT2D eigenvalue weighted by atomic mass is 32.2. The number of hydrogen-bond donors (Lipinski definition) is 1. The molecule has 2 aromatic rings. The summed E-state index contributed by atoms with van der Waals surface area (Å²) in [4.78, 5) is 0. The minimum atomic E-state index is -1.91. The van der Waals surface area contributed by atoms with Crippen LogP contribution in [0, 0.1) is 0 Å². The van der Waals surface area contributed by atoms with Crippen LogP contribution >= 0.6 is 0 Å². The highest BCUT2D eigenvalue weighted by molar-refractivity contribution is 7.76. The molecule has 0 spiro atoms. The average molecular weight is 249 g/mol. The number of benzene rings is 2. The summed E-state index contributed by atoms with van der Waals surface area (Å²) in [5.74, 6) is 0. The standard InChI is InChI=1S/C13H15NO2S/c1-2-14(17(15)16)10-12-8-5-7-11-6-3-4-9-13(11)12/h3-9H,2,10H2,1H3,(H,15,16). The van der Waals surface area contributed by atoms with E-state index in [-0.39, 0.29) is 0 Å². The van der Waals surface area contributed by atoms with Crippen LogP contribution in [0.25, 0.3) is 10.8 Å². The van der Waals surface area contributed by atoms with Crippen molar-refractivity contribution in [3.8, 4) is 0 Å². The van der Waals surface area contributed by atoms with E-state index in [1.165, 1.54) is 4.31 Å². The SMILES string of the molecule is CCN(Cc1cccc2ccccc12)S(=O)O. The van der Waals surface area contributed by atoms with Crippen molar-refractivity contribution in [1.82, 2.24) is 4.31 Å². The Bertz CT molecular complexity index is 536. The minimum Gasteiger partial charge on any atom is -0.294 e. The second kappa shape index (κ2) is 5.40. The van der Waals surface area contributed by atoms with E-state index in [1.54, 1.807) is 0 Å². The van der Waals surface area contributed by atoms with Crippen LogP contribution in [0.1, 0.15) is 12.5 Å². The Morgan fingerprint density at radius 1 is 1.18 bits per heavy atom. The van der Waals surface area contributed by atoms with Gasteiger partial charge >= 0.3 is 0 Å². The molecule has 1 atom stereocenters. The maximum Gasteiger partial charge on any atom is 0.234 e. The maximum atomic E-state index is 11.1. The van der Waals surface area contributed by atoms with Gasteiger partial charge in [-0.2, -0.15) is 4.31 Å². The predicted octanol–water partition coefficient (Wildman–Crippen LogP) is 2.80. The van der Waals surface area contributed by atoms with Crippen LogP contribution < -0.4 is 0 Å². The Morgan fingerprint density at radius 3 is 2.59 bits per heavy atom. The quantitative estimate of drug-likeness (QED) is 0.846. The van der Waals surface area contributed by atoms with Gasteiger partial charge in [0, 0.05) is 13.1 Å². The van der Waals surface area contributed by atoms with E-state index in [1.807, 2.05) is 49.4 Å². The Labute approximate surface area is 103 Å². The van der Waals surface area contributed by atoms with Crippen LogP contribution in [0.2, 0.25) is 0 Å². The smallest absolute Gasteiger partial charge is 0.234 e. The maximum absolute atomic E-state index is 11.1. The molecule has 0 saturated heterocycles.